The van der Waals surface area contributed by atoms with Crippen molar-refractivity contribution in [2.45, 2.75) is 158 Å². The number of rotatable bonds is 28. The van der Waals surface area contributed by atoms with E-state index in [1.54, 1.807) is 0 Å². The summed E-state index contributed by atoms with van der Waals surface area (Å²) in [6, 6.07) is 0. The maximum atomic E-state index is 13.5. The molecule has 0 unspecified atom stereocenters. The summed E-state index contributed by atoms with van der Waals surface area (Å²) >= 11 is 0. The number of carbonyl (C=O) groups is 2. The minimum absolute atomic E-state index is 0.00802. The van der Waals surface area contributed by atoms with E-state index in [2.05, 4.69) is 65.2 Å². The molecule has 5 heteroatoms. The second kappa shape index (κ2) is 26.5. The Labute approximate surface area is 256 Å². The zero-order valence-electron chi connectivity index (χ0n) is 29.0. The molecule has 2 amide bonds. The maximum absolute atomic E-state index is 13.5. The summed E-state index contributed by atoms with van der Waals surface area (Å²) in [4.78, 5) is 31.2. The molecule has 0 spiro atoms. The third kappa shape index (κ3) is 18.9. The van der Waals surface area contributed by atoms with Crippen molar-refractivity contribution in [1.82, 2.24) is 9.80 Å². The molecule has 0 saturated heterocycles. The van der Waals surface area contributed by atoms with Gasteiger partial charge in [-0.15, -0.1) is 0 Å². The zero-order valence-corrected chi connectivity index (χ0v) is 29.0. The molecule has 5 nitrogen and oxygen atoms in total. The van der Waals surface area contributed by atoms with E-state index < -0.39 is 0 Å². The van der Waals surface area contributed by atoms with E-state index in [1.165, 1.54) is 77.0 Å². The zero-order chi connectivity index (χ0) is 30.9. The lowest BCUT2D eigenvalue weighted by atomic mass is 9.95. The summed E-state index contributed by atoms with van der Waals surface area (Å²) in [6.07, 6.45) is 18.7. The van der Waals surface area contributed by atoms with Gasteiger partial charge >= 0.3 is 0 Å². The van der Waals surface area contributed by atoms with Crippen LogP contribution < -0.4 is 0 Å². The molecular formula is C36H72N2O3. The van der Waals surface area contributed by atoms with Gasteiger partial charge < -0.3 is 14.5 Å². The summed E-state index contributed by atoms with van der Waals surface area (Å²) in [6.45, 7) is 21.2. The molecule has 0 aromatic rings. The molecule has 244 valence electrons. The normalized spacial score (nSPS) is 14.4. The van der Waals surface area contributed by atoms with Crippen LogP contribution in [0.3, 0.4) is 0 Å². The Morgan fingerprint density at radius 1 is 0.463 bits per heavy atom. The third-order valence-corrected chi connectivity index (χ3v) is 9.24. The first kappa shape index (κ1) is 39.9. The van der Waals surface area contributed by atoms with Crippen molar-refractivity contribution in [3.05, 3.63) is 0 Å². The Morgan fingerprint density at radius 2 is 0.707 bits per heavy atom. The average molecular weight is 581 g/mol. The molecular weight excluding hydrogens is 508 g/mol. The second-order valence-corrected chi connectivity index (χ2v) is 12.8. The van der Waals surface area contributed by atoms with Crippen molar-refractivity contribution in [3.8, 4) is 0 Å². The lowest BCUT2D eigenvalue weighted by Crippen LogP contribution is -2.43. The van der Waals surface area contributed by atoms with E-state index in [-0.39, 0.29) is 25.0 Å². The highest BCUT2D eigenvalue weighted by molar-refractivity contribution is 5.79. The second-order valence-electron chi connectivity index (χ2n) is 12.8. The molecule has 0 heterocycles. The van der Waals surface area contributed by atoms with Gasteiger partial charge in [-0.05, 0) is 49.4 Å². The Morgan fingerprint density at radius 3 is 0.902 bits per heavy atom. The molecule has 0 saturated carbocycles. The molecule has 0 fully saturated rings. The molecule has 0 rings (SSSR count). The minimum atomic E-state index is 0.00802. The van der Waals surface area contributed by atoms with Crippen LogP contribution in [-0.4, -0.2) is 61.0 Å². The number of carbonyl (C=O) groups excluding carboxylic acids is 2. The first-order valence-electron chi connectivity index (χ1n) is 18.0. The van der Waals surface area contributed by atoms with Crippen LogP contribution in [0.15, 0.2) is 0 Å². The Hall–Kier alpha value is -1.10. The number of unbranched alkanes of at least 4 members (excludes halogenated alkanes) is 4. The van der Waals surface area contributed by atoms with Crippen LogP contribution in [0.25, 0.3) is 0 Å². The largest absolute Gasteiger partial charge is 0.362 e. The quantitative estimate of drug-likeness (QED) is 0.0926. The molecule has 0 aliphatic rings. The first-order valence-corrected chi connectivity index (χ1v) is 18.0. The highest BCUT2D eigenvalue weighted by Gasteiger charge is 2.24. The average Bonchev–Trinajstić information content (AvgIpc) is 2.99. The molecule has 0 aromatic carbocycles. The summed E-state index contributed by atoms with van der Waals surface area (Å²) < 4.78 is 5.92. The number of amides is 2. The maximum Gasteiger partial charge on any atom is 0.248 e. The van der Waals surface area contributed by atoms with Crippen LogP contribution in [0.2, 0.25) is 0 Å². The predicted octanol–water partition coefficient (Wildman–Crippen LogP) is 9.53. The fourth-order valence-corrected chi connectivity index (χ4v) is 5.88. The van der Waals surface area contributed by atoms with Crippen LogP contribution in [0.5, 0.6) is 0 Å². The SMILES string of the molecule is CCCC[C@@H](CC)CN(C[C@@H](CC)CCCC)C(=O)COCC(=O)N(C[C@@H](CC)CCCC)C[C@@H](CC)CCCC. The van der Waals surface area contributed by atoms with Crippen molar-refractivity contribution >= 4 is 11.8 Å². The fraction of sp³-hybridized carbons (Fsp3) is 0.944. The summed E-state index contributed by atoms with van der Waals surface area (Å²) in [5.74, 6) is 2.23. The van der Waals surface area contributed by atoms with Crippen LogP contribution in [0.1, 0.15) is 158 Å². The summed E-state index contributed by atoms with van der Waals surface area (Å²) in [7, 11) is 0. The molecule has 0 bridgehead atoms. The lowest BCUT2D eigenvalue weighted by Gasteiger charge is -2.32. The number of nitrogens with zero attached hydrogens (tertiary/aromatic N) is 2. The molecule has 4 atom stereocenters. The Kier molecular flexibility index (Phi) is 25.8. The Bertz CT molecular complexity index is 538. The number of hydrogen-bond donors (Lipinski definition) is 0. The first-order chi connectivity index (χ1) is 19.8. The smallest absolute Gasteiger partial charge is 0.248 e. The van der Waals surface area contributed by atoms with Gasteiger partial charge in [0, 0.05) is 26.2 Å². The van der Waals surface area contributed by atoms with Gasteiger partial charge in [-0.3, -0.25) is 9.59 Å². The lowest BCUT2D eigenvalue weighted by molar-refractivity contribution is -0.143. The highest BCUT2D eigenvalue weighted by atomic mass is 16.5. The van der Waals surface area contributed by atoms with E-state index in [1.807, 2.05) is 0 Å². The van der Waals surface area contributed by atoms with Gasteiger partial charge in [-0.2, -0.15) is 0 Å². The van der Waals surface area contributed by atoms with Crippen molar-refractivity contribution < 1.29 is 14.3 Å². The van der Waals surface area contributed by atoms with E-state index in [0.29, 0.717) is 23.7 Å². The van der Waals surface area contributed by atoms with Gasteiger partial charge in [0.25, 0.3) is 0 Å². The molecule has 0 aromatic heterocycles. The Balaban J connectivity index is 5.42. The standard InChI is InChI=1S/C36H72N2O3/c1-9-17-21-31(13-5)25-37(26-32(14-6)22-18-10-2)35(39)29-41-30-36(40)38(27-33(15-7)23-19-11-3)28-34(16-8)24-20-12-4/h31-34H,9-30H2,1-8H3/t31-,32-,33-,34+/m0/s1. The van der Waals surface area contributed by atoms with Crippen LogP contribution in [-0.2, 0) is 14.3 Å². The van der Waals surface area contributed by atoms with E-state index in [4.69, 9.17) is 4.74 Å². The van der Waals surface area contributed by atoms with Gasteiger partial charge in [-0.25, -0.2) is 0 Å². The molecule has 0 aliphatic heterocycles. The van der Waals surface area contributed by atoms with E-state index in [9.17, 15) is 9.59 Å². The number of ether oxygens (including phenoxy) is 1. The summed E-state index contributed by atoms with van der Waals surface area (Å²) in [5, 5.41) is 0. The van der Waals surface area contributed by atoms with Crippen LogP contribution >= 0.6 is 0 Å². The number of hydrogen-bond acceptors (Lipinski definition) is 3. The van der Waals surface area contributed by atoms with Gasteiger partial charge in [0.1, 0.15) is 13.2 Å². The van der Waals surface area contributed by atoms with Gasteiger partial charge in [-0.1, -0.05) is 132 Å². The van der Waals surface area contributed by atoms with E-state index in [0.717, 1.165) is 51.9 Å². The van der Waals surface area contributed by atoms with Crippen molar-refractivity contribution in [2.24, 2.45) is 23.7 Å². The van der Waals surface area contributed by atoms with Crippen molar-refractivity contribution in [2.75, 3.05) is 39.4 Å². The van der Waals surface area contributed by atoms with Crippen LogP contribution in [0.4, 0.5) is 0 Å². The topological polar surface area (TPSA) is 49.9 Å². The predicted molar refractivity (Wildman–Crippen MR) is 177 cm³/mol. The third-order valence-electron chi connectivity index (χ3n) is 9.24. The minimum Gasteiger partial charge on any atom is -0.362 e. The monoisotopic (exact) mass is 581 g/mol. The fourth-order valence-electron chi connectivity index (χ4n) is 5.88. The van der Waals surface area contributed by atoms with Gasteiger partial charge in [0.2, 0.25) is 11.8 Å². The van der Waals surface area contributed by atoms with Gasteiger partial charge in [0.15, 0.2) is 0 Å². The molecule has 41 heavy (non-hydrogen) atoms. The summed E-state index contributed by atoms with van der Waals surface area (Å²) in [5.41, 5.74) is 0. The van der Waals surface area contributed by atoms with Crippen molar-refractivity contribution in [3.63, 3.8) is 0 Å². The molecule has 0 radical (unpaired) electrons. The van der Waals surface area contributed by atoms with E-state index >= 15 is 0 Å². The van der Waals surface area contributed by atoms with Crippen LogP contribution in [0, 0.1) is 23.7 Å². The highest BCUT2D eigenvalue weighted by Crippen LogP contribution is 2.21. The molecule has 0 N–H and O–H groups in total. The van der Waals surface area contributed by atoms with Gasteiger partial charge in [0.05, 0.1) is 0 Å². The van der Waals surface area contributed by atoms with Crippen molar-refractivity contribution in [1.29, 1.82) is 0 Å². The molecule has 0 aliphatic carbocycles.